The maximum Gasteiger partial charge on any atom is 0.321 e. The summed E-state index contributed by atoms with van der Waals surface area (Å²) in [6, 6.07) is 6.59. The van der Waals surface area contributed by atoms with Gasteiger partial charge in [0.15, 0.2) is 0 Å². The van der Waals surface area contributed by atoms with E-state index in [4.69, 9.17) is 5.11 Å². The number of amides is 3. The summed E-state index contributed by atoms with van der Waals surface area (Å²) in [6.07, 6.45) is 1.27. The Morgan fingerprint density at radius 3 is 2.62 bits per heavy atom. The van der Waals surface area contributed by atoms with Crippen molar-refractivity contribution < 1.29 is 19.5 Å². The lowest BCUT2D eigenvalue weighted by Gasteiger charge is -2.30. The van der Waals surface area contributed by atoms with Gasteiger partial charge in [-0.2, -0.15) is 11.8 Å². The van der Waals surface area contributed by atoms with E-state index in [1.165, 1.54) is 4.90 Å². The lowest BCUT2D eigenvalue weighted by atomic mass is 9.99. The van der Waals surface area contributed by atoms with Gasteiger partial charge in [0.1, 0.15) is 0 Å². The van der Waals surface area contributed by atoms with Crippen LogP contribution >= 0.6 is 11.8 Å². The third-order valence-corrected chi connectivity index (χ3v) is 5.66. The van der Waals surface area contributed by atoms with Crippen LogP contribution in [0.4, 0.5) is 10.5 Å². The van der Waals surface area contributed by atoms with Crippen molar-refractivity contribution in [2.45, 2.75) is 12.8 Å². The second kappa shape index (κ2) is 8.44. The molecule has 8 heteroatoms. The van der Waals surface area contributed by atoms with E-state index in [0.29, 0.717) is 30.6 Å². The monoisotopic (exact) mass is 377 g/mol. The van der Waals surface area contributed by atoms with Crippen molar-refractivity contribution in [1.29, 1.82) is 0 Å². The first-order valence-electron chi connectivity index (χ1n) is 8.80. The predicted molar refractivity (Wildman–Crippen MR) is 101 cm³/mol. The van der Waals surface area contributed by atoms with Crippen LogP contribution in [0.3, 0.4) is 0 Å². The number of carboxylic acids is 1. The molecule has 2 aliphatic heterocycles. The number of carbonyl (C=O) groups excluding carboxylic acids is 2. The molecule has 140 valence electrons. The smallest absolute Gasteiger partial charge is 0.321 e. The predicted octanol–water partition coefficient (Wildman–Crippen LogP) is 2.20. The molecule has 0 bridgehead atoms. The van der Waals surface area contributed by atoms with Crippen LogP contribution in [0.15, 0.2) is 24.3 Å². The second-order valence-electron chi connectivity index (χ2n) is 6.54. The molecule has 0 saturated carbocycles. The van der Waals surface area contributed by atoms with Crippen LogP contribution in [0, 0.1) is 5.92 Å². The summed E-state index contributed by atoms with van der Waals surface area (Å²) in [5.41, 5.74) is 1.10. The zero-order chi connectivity index (χ0) is 18.5. The molecule has 2 aliphatic rings. The Balaban J connectivity index is 1.63. The maximum atomic E-state index is 12.6. The summed E-state index contributed by atoms with van der Waals surface area (Å²) in [5, 5.41) is 11.9. The summed E-state index contributed by atoms with van der Waals surface area (Å²) < 4.78 is 0. The van der Waals surface area contributed by atoms with Crippen molar-refractivity contribution in [3.05, 3.63) is 29.8 Å². The van der Waals surface area contributed by atoms with E-state index in [1.807, 2.05) is 16.7 Å². The van der Waals surface area contributed by atoms with Gasteiger partial charge in [0, 0.05) is 48.9 Å². The zero-order valence-corrected chi connectivity index (χ0v) is 15.3. The molecular weight excluding hydrogens is 354 g/mol. The van der Waals surface area contributed by atoms with Crippen LogP contribution in [0.1, 0.15) is 23.2 Å². The van der Waals surface area contributed by atoms with Gasteiger partial charge in [-0.15, -0.1) is 0 Å². The number of piperidine rings is 1. The van der Waals surface area contributed by atoms with E-state index in [2.05, 4.69) is 5.32 Å². The summed E-state index contributed by atoms with van der Waals surface area (Å²) in [5.74, 6) is 0.489. The standard InChI is InChI=1S/C18H23N3O4S/c22-16(20-7-9-26-10-8-20)13-3-1-5-15(11-13)19-18(25)21-6-2-4-14(12-21)17(23)24/h1,3,5,11,14H,2,4,6-10,12H2,(H,19,25)(H,23,24). The summed E-state index contributed by atoms with van der Waals surface area (Å²) in [6.45, 7) is 2.24. The topological polar surface area (TPSA) is 90.0 Å². The van der Waals surface area contributed by atoms with E-state index in [1.54, 1.807) is 24.3 Å². The molecule has 7 nitrogen and oxygen atoms in total. The SMILES string of the molecule is O=C(O)C1CCCN(C(=O)Nc2cccc(C(=O)N3CCSCC3)c2)C1. The number of nitrogens with zero attached hydrogens (tertiary/aromatic N) is 2. The van der Waals surface area contributed by atoms with Crippen molar-refractivity contribution in [2.24, 2.45) is 5.92 Å². The Labute approximate surface area is 156 Å². The van der Waals surface area contributed by atoms with Gasteiger partial charge in [-0.25, -0.2) is 4.79 Å². The van der Waals surface area contributed by atoms with Gasteiger partial charge in [0.2, 0.25) is 0 Å². The Bertz CT molecular complexity index is 691. The fourth-order valence-electron chi connectivity index (χ4n) is 3.24. The van der Waals surface area contributed by atoms with Crippen molar-refractivity contribution in [1.82, 2.24) is 9.80 Å². The van der Waals surface area contributed by atoms with Crippen molar-refractivity contribution in [3.63, 3.8) is 0 Å². The van der Waals surface area contributed by atoms with Gasteiger partial charge in [-0.1, -0.05) is 6.07 Å². The first-order valence-corrected chi connectivity index (χ1v) is 9.96. The number of aliphatic carboxylic acids is 1. The minimum Gasteiger partial charge on any atom is -0.481 e. The minimum atomic E-state index is -0.866. The molecule has 26 heavy (non-hydrogen) atoms. The molecule has 3 amide bonds. The normalized spacial score (nSPS) is 20.5. The third-order valence-electron chi connectivity index (χ3n) is 4.72. The van der Waals surface area contributed by atoms with E-state index in [0.717, 1.165) is 24.6 Å². The first-order chi connectivity index (χ1) is 12.5. The van der Waals surface area contributed by atoms with E-state index >= 15 is 0 Å². The fourth-order valence-corrected chi connectivity index (χ4v) is 4.15. The minimum absolute atomic E-state index is 0.0229. The molecule has 1 unspecified atom stereocenters. The molecule has 2 N–H and O–H groups in total. The number of thioether (sulfide) groups is 1. The Kier molecular flexibility index (Phi) is 6.03. The molecule has 2 fully saturated rings. The number of urea groups is 1. The average Bonchev–Trinajstić information content (AvgIpc) is 2.68. The molecule has 0 spiro atoms. The molecule has 1 aromatic carbocycles. The number of benzene rings is 1. The molecule has 1 atom stereocenters. The van der Waals surface area contributed by atoms with Crippen LogP contribution in [0.2, 0.25) is 0 Å². The van der Waals surface area contributed by atoms with Gasteiger partial charge < -0.3 is 20.2 Å². The van der Waals surface area contributed by atoms with Crippen LogP contribution in [-0.2, 0) is 4.79 Å². The number of carbonyl (C=O) groups is 3. The van der Waals surface area contributed by atoms with Crippen molar-refractivity contribution in [2.75, 3.05) is 43.0 Å². The van der Waals surface area contributed by atoms with E-state index in [-0.39, 0.29) is 18.5 Å². The molecule has 0 radical (unpaired) electrons. The van der Waals surface area contributed by atoms with E-state index < -0.39 is 11.9 Å². The zero-order valence-electron chi connectivity index (χ0n) is 14.5. The Morgan fingerprint density at radius 1 is 1.12 bits per heavy atom. The van der Waals surface area contributed by atoms with Gasteiger partial charge in [0.25, 0.3) is 5.91 Å². The van der Waals surface area contributed by atoms with Crippen molar-refractivity contribution in [3.8, 4) is 0 Å². The highest BCUT2D eigenvalue weighted by molar-refractivity contribution is 7.99. The quantitative estimate of drug-likeness (QED) is 0.843. The summed E-state index contributed by atoms with van der Waals surface area (Å²) >= 11 is 1.84. The number of hydrogen-bond donors (Lipinski definition) is 2. The van der Waals surface area contributed by atoms with Gasteiger partial charge in [-0.3, -0.25) is 9.59 Å². The van der Waals surface area contributed by atoms with Crippen LogP contribution in [-0.4, -0.2) is 70.5 Å². The molecule has 1 aromatic rings. The number of hydrogen-bond acceptors (Lipinski definition) is 4. The summed E-state index contributed by atoms with van der Waals surface area (Å²) in [7, 11) is 0. The molecule has 2 heterocycles. The lowest BCUT2D eigenvalue weighted by molar-refractivity contribution is -0.143. The number of nitrogens with one attached hydrogen (secondary N) is 1. The van der Waals surface area contributed by atoms with E-state index in [9.17, 15) is 14.4 Å². The Morgan fingerprint density at radius 2 is 1.88 bits per heavy atom. The lowest BCUT2D eigenvalue weighted by Crippen LogP contribution is -2.44. The highest BCUT2D eigenvalue weighted by Crippen LogP contribution is 2.19. The second-order valence-corrected chi connectivity index (χ2v) is 7.76. The van der Waals surface area contributed by atoms with Gasteiger partial charge in [0.05, 0.1) is 5.92 Å². The third kappa shape index (κ3) is 4.49. The molecule has 2 saturated heterocycles. The number of carboxylic acid groups (broad SMARTS) is 1. The van der Waals surface area contributed by atoms with Gasteiger partial charge >= 0.3 is 12.0 Å². The van der Waals surface area contributed by atoms with Crippen LogP contribution < -0.4 is 5.32 Å². The number of rotatable bonds is 3. The fraction of sp³-hybridized carbons (Fsp3) is 0.500. The van der Waals surface area contributed by atoms with Crippen LogP contribution in [0.25, 0.3) is 0 Å². The number of likely N-dealkylation sites (tertiary alicyclic amines) is 1. The van der Waals surface area contributed by atoms with Crippen molar-refractivity contribution >= 4 is 35.4 Å². The highest BCUT2D eigenvalue weighted by atomic mass is 32.2. The number of anilines is 1. The first kappa shape index (κ1) is 18.6. The molecular formula is C18H23N3O4S. The summed E-state index contributed by atoms with van der Waals surface area (Å²) in [4.78, 5) is 39.5. The van der Waals surface area contributed by atoms with Gasteiger partial charge in [-0.05, 0) is 31.0 Å². The molecule has 0 aromatic heterocycles. The van der Waals surface area contributed by atoms with Crippen LogP contribution in [0.5, 0.6) is 0 Å². The molecule has 0 aliphatic carbocycles. The average molecular weight is 377 g/mol. The maximum absolute atomic E-state index is 12.6. The molecule has 3 rings (SSSR count). The highest BCUT2D eigenvalue weighted by Gasteiger charge is 2.28. The largest absolute Gasteiger partial charge is 0.481 e. The Hall–Kier alpha value is -2.22.